The number of hydrogen-bond donors (Lipinski definition) is 0. The number of rotatable bonds is 3. The summed E-state index contributed by atoms with van der Waals surface area (Å²) in [6.45, 7) is 5.48. The normalized spacial score (nSPS) is 17.4. The van der Waals surface area contributed by atoms with Crippen LogP contribution in [0.4, 0.5) is 0 Å². The Kier molecular flexibility index (Phi) is 4.36. The molecule has 3 heterocycles. The topological polar surface area (TPSA) is 63.4 Å². The van der Waals surface area contributed by atoms with Crippen LogP contribution in [0.3, 0.4) is 0 Å². The summed E-state index contributed by atoms with van der Waals surface area (Å²) in [6, 6.07) is 9.68. The molecule has 26 heavy (non-hydrogen) atoms. The van der Waals surface area contributed by atoms with Gasteiger partial charge in [-0.25, -0.2) is 9.50 Å². The van der Waals surface area contributed by atoms with Crippen LogP contribution in [-0.2, 0) is 0 Å². The highest BCUT2D eigenvalue weighted by Gasteiger charge is 2.30. The molecule has 1 aliphatic rings. The van der Waals surface area contributed by atoms with Gasteiger partial charge in [-0.3, -0.25) is 4.79 Å². The first-order valence-corrected chi connectivity index (χ1v) is 9.16. The molecule has 0 radical (unpaired) electrons. The number of carbonyl (C=O) groups excluding carboxylic acids is 1. The van der Waals surface area contributed by atoms with Gasteiger partial charge in [-0.05, 0) is 30.0 Å². The Bertz CT molecular complexity index is 967. The molecule has 1 aromatic carbocycles. The average Bonchev–Trinajstić information content (AvgIpc) is 3.29. The van der Waals surface area contributed by atoms with Gasteiger partial charge in [0.2, 0.25) is 0 Å². The first-order valence-electron chi connectivity index (χ1n) is 8.79. The molecule has 1 aliphatic heterocycles. The van der Waals surface area contributed by atoms with Gasteiger partial charge >= 0.3 is 0 Å². The fraction of sp³-hybridized carbons (Fsp3) is 0.368. The predicted octanol–water partition coefficient (Wildman–Crippen LogP) is 3.53. The molecular formula is C19H20ClN5O. The lowest BCUT2D eigenvalue weighted by Gasteiger charge is -2.18. The minimum Gasteiger partial charge on any atom is -0.337 e. The Morgan fingerprint density at radius 3 is 2.88 bits per heavy atom. The Balaban J connectivity index is 1.61. The third kappa shape index (κ3) is 2.94. The maximum Gasteiger partial charge on any atom is 0.272 e. The van der Waals surface area contributed by atoms with E-state index in [1.807, 2.05) is 35.2 Å². The Morgan fingerprint density at radius 1 is 1.31 bits per heavy atom. The monoisotopic (exact) mass is 369 g/mol. The maximum absolute atomic E-state index is 13.0. The minimum absolute atomic E-state index is 0.0630. The number of hydrogen-bond acceptors (Lipinski definition) is 4. The number of halogens is 1. The summed E-state index contributed by atoms with van der Waals surface area (Å²) in [5.74, 6) is 0.866. The second-order valence-electron chi connectivity index (χ2n) is 6.95. The molecule has 0 N–H and O–H groups in total. The van der Waals surface area contributed by atoms with Crippen LogP contribution in [0, 0.1) is 0 Å². The van der Waals surface area contributed by atoms with Crippen LogP contribution >= 0.6 is 11.6 Å². The minimum atomic E-state index is -0.0630. The summed E-state index contributed by atoms with van der Waals surface area (Å²) < 4.78 is 1.69. The molecule has 3 aromatic rings. The van der Waals surface area contributed by atoms with Crippen LogP contribution in [0.2, 0.25) is 5.02 Å². The predicted molar refractivity (Wildman–Crippen MR) is 99.6 cm³/mol. The van der Waals surface area contributed by atoms with E-state index in [9.17, 15) is 4.79 Å². The molecule has 6 nitrogen and oxygen atoms in total. The van der Waals surface area contributed by atoms with Crippen molar-refractivity contribution in [2.75, 3.05) is 13.1 Å². The summed E-state index contributed by atoms with van der Waals surface area (Å²) in [6.07, 6.45) is 2.37. The van der Waals surface area contributed by atoms with Gasteiger partial charge in [0.05, 0.1) is 5.69 Å². The average molecular weight is 370 g/mol. The fourth-order valence-electron chi connectivity index (χ4n) is 3.52. The molecule has 1 fully saturated rings. The Labute approximate surface area is 156 Å². The van der Waals surface area contributed by atoms with Crippen molar-refractivity contribution >= 4 is 23.3 Å². The zero-order chi connectivity index (χ0) is 18.3. The van der Waals surface area contributed by atoms with Crippen LogP contribution in [0.15, 0.2) is 36.7 Å². The molecule has 2 aromatic heterocycles. The standard InChI is InChI=1S/C19H20ClN5O/c1-12(2)17-9-16(23-19-21-11-22-25(17)19)18(26)24-8-7-13(10-24)14-5-3-4-6-15(14)20/h3-6,9,11-13H,7-8,10H2,1-2H3/t13-/m1/s1. The van der Waals surface area contributed by atoms with Gasteiger partial charge < -0.3 is 4.90 Å². The van der Waals surface area contributed by atoms with E-state index in [0.717, 1.165) is 22.7 Å². The third-order valence-corrected chi connectivity index (χ3v) is 5.25. The van der Waals surface area contributed by atoms with E-state index in [1.54, 1.807) is 4.52 Å². The first-order chi connectivity index (χ1) is 12.5. The van der Waals surface area contributed by atoms with Crippen molar-refractivity contribution in [3.05, 3.63) is 58.6 Å². The molecule has 134 valence electrons. The van der Waals surface area contributed by atoms with Gasteiger partial charge in [-0.15, -0.1) is 0 Å². The largest absolute Gasteiger partial charge is 0.337 e. The lowest BCUT2D eigenvalue weighted by atomic mass is 9.98. The van der Waals surface area contributed by atoms with Gasteiger partial charge in [0, 0.05) is 24.0 Å². The molecule has 0 spiro atoms. The van der Waals surface area contributed by atoms with Gasteiger partial charge in [-0.1, -0.05) is 43.6 Å². The van der Waals surface area contributed by atoms with E-state index in [4.69, 9.17) is 11.6 Å². The van der Waals surface area contributed by atoms with Crippen molar-refractivity contribution in [2.45, 2.75) is 32.1 Å². The second-order valence-corrected chi connectivity index (χ2v) is 7.36. The molecule has 0 aliphatic carbocycles. The number of likely N-dealkylation sites (tertiary alicyclic amines) is 1. The number of amides is 1. The number of aromatic nitrogens is 4. The fourth-order valence-corrected chi connectivity index (χ4v) is 3.81. The quantitative estimate of drug-likeness (QED) is 0.708. The molecule has 4 rings (SSSR count). The van der Waals surface area contributed by atoms with Crippen LogP contribution in [-0.4, -0.2) is 43.5 Å². The van der Waals surface area contributed by atoms with E-state index in [2.05, 4.69) is 28.9 Å². The summed E-state index contributed by atoms with van der Waals surface area (Å²) in [5, 5.41) is 4.96. The number of nitrogens with zero attached hydrogens (tertiary/aromatic N) is 5. The zero-order valence-electron chi connectivity index (χ0n) is 14.8. The van der Waals surface area contributed by atoms with E-state index < -0.39 is 0 Å². The second kappa shape index (κ2) is 6.68. The van der Waals surface area contributed by atoms with Gasteiger partial charge in [0.15, 0.2) is 0 Å². The molecule has 1 atom stereocenters. The van der Waals surface area contributed by atoms with Gasteiger partial charge in [0.1, 0.15) is 12.0 Å². The molecule has 0 saturated carbocycles. The molecule has 1 saturated heterocycles. The van der Waals surface area contributed by atoms with Crippen molar-refractivity contribution in [1.82, 2.24) is 24.5 Å². The smallest absolute Gasteiger partial charge is 0.272 e. The van der Waals surface area contributed by atoms with Gasteiger partial charge in [0.25, 0.3) is 11.7 Å². The summed E-state index contributed by atoms with van der Waals surface area (Å²) >= 11 is 6.32. The van der Waals surface area contributed by atoms with E-state index in [-0.39, 0.29) is 17.7 Å². The highest BCUT2D eigenvalue weighted by atomic mass is 35.5. The highest BCUT2D eigenvalue weighted by molar-refractivity contribution is 6.31. The molecule has 0 unspecified atom stereocenters. The maximum atomic E-state index is 13.0. The number of fused-ring (bicyclic) bond motifs is 1. The SMILES string of the molecule is CC(C)c1cc(C(=O)N2CC[C@@H](c3ccccc3Cl)C2)nc2ncnn12. The summed E-state index contributed by atoms with van der Waals surface area (Å²) in [4.78, 5) is 23.4. The third-order valence-electron chi connectivity index (χ3n) is 4.91. The molecule has 0 bridgehead atoms. The highest BCUT2D eigenvalue weighted by Crippen LogP contribution is 2.32. The molecular weight excluding hydrogens is 350 g/mol. The van der Waals surface area contributed by atoms with Crippen LogP contribution < -0.4 is 0 Å². The zero-order valence-corrected chi connectivity index (χ0v) is 15.5. The summed E-state index contributed by atoms with van der Waals surface area (Å²) in [5.41, 5.74) is 2.46. The Hall–Kier alpha value is -2.47. The van der Waals surface area contributed by atoms with Crippen molar-refractivity contribution in [3.8, 4) is 0 Å². The van der Waals surface area contributed by atoms with E-state index in [1.165, 1.54) is 6.33 Å². The first kappa shape index (κ1) is 17.0. The van der Waals surface area contributed by atoms with Crippen molar-refractivity contribution < 1.29 is 4.79 Å². The van der Waals surface area contributed by atoms with Crippen molar-refractivity contribution in [3.63, 3.8) is 0 Å². The number of benzene rings is 1. The Morgan fingerprint density at radius 2 is 2.12 bits per heavy atom. The molecule has 7 heteroatoms. The summed E-state index contributed by atoms with van der Waals surface area (Å²) in [7, 11) is 0. The van der Waals surface area contributed by atoms with Crippen molar-refractivity contribution in [2.24, 2.45) is 0 Å². The van der Waals surface area contributed by atoms with Crippen LogP contribution in [0.25, 0.3) is 5.78 Å². The number of carbonyl (C=O) groups is 1. The lowest BCUT2D eigenvalue weighted by molar-refractivity contribution is 0.0785. The van der Waals surface area contributed by atoms with E-state index in [0.29, 0.717) is 24.6 Å². The van der Waals surface area contributed by atoms with E-state index >= 15 is 0 Å². The van der Waals surface area contributed by atoms with Crippen LogP contribution in [0.5, 0.6) is 0 Å². The van der Waals surface area contributed by atoms with Crippen LogP contribution in [0.1, 0.15) is 53.8 Å². The lowest BCUT2D eigenvalue weighted by Crippen LogP contribution is -2.29. The van der Waals surface area contributed by atoms with Crippen molar-refractivity contribution in [1.29, 1.82) is 0 Å². The molecule has 1 amide bonds. The van der Waals surface area contributed by atoms with Gasteiger partial charge in [-0.2, -0.15) is 10.1 Å².